The summed E-state index contributed by atoms with van der Waals surface area (Å²) in [7, 11) is 2.96. The standard InChI is InChI=1S/C11H10O5/c1-14-9-3-6-7(12)4-11(13)16-8(6)5-10(9)15-2/h3-5,12H,1-2H3. The summed E-state index contributed by atoms with van der Waals surface area (Å²) >= 11 is 0. The predicted octanol–water partition coefficient (Wildman–Crippen LogP) is 1.52. The molecule has 0 unspecified atom stereocenters. The Morgan fingerprint density at radius 1 is 1.12 bits per heavy atom. The van der Waals surface area contributed by atoms with E-state index < -0.39 is 5.63 Å². The van der Waals surface area contributed by atoms with E-state index in [4.69, 9.17) is 13.9 Å². The van der Waals surface area contributed by atoms with Gasteiger partial charge in [-0.1, -0.05) is 0 Å². The number of methoxy groups -OCH3 is 2. The summed E-state index contributed by atoms with van der Waals surface area (Å²) in [6.45, 7) is 0. The Bertz CT molecular complexity index is 585. The molecule has 1 N–H and O–H groups in total. The van der Waals surface area contributed by atoms with E-state index in [1.807, 2.05) is 0 Å². The maximum absolute atomic E-state index is 11.1. The van der Waals surface area contributed by atoms with Gasteiger partial charge in [-0.3, -0.25) is 0 Å². The van der Waals surface area contributed by atoms with Gasteiger partial charge < -0.3 is 19.0 Å². The average Bonchev–Trinajstić information content (AvgIpc) is 2.27. The molecule has 0 saturated carbocycles. The lowest BCUT2D eigenvalue weighted by atomic mass is 10.2. The second kappa shape index (κ2) is 3.77. The number of ether oxygens (including phenoxy) is 2. The molecule has 1 heterocycles. The Labute approximate surface area is 90.8 Å². The fourth-order valence-electron chi connectivity index (χ4n) is 1.47. The molecule has 0 fully saturated rings. The van der Waals surface area contributed by atoms with Crippen molar-refractivity contribution >= 4 is 11.0 Å². The molecule has 0 amide bonds. The van der Waals surface area contributed by atoms with Crippen molar-refractivity contribution in [3.8, 4) is 17.2 Å². The van der Waals surface area contributed by atoms with Gasteiger partial charge in [-0.2, -0.15) is 0 Å². The van der Waals surface area contributed by atoms with E-state index in [1.54, 1.807) is 6.07 Å². The second-order valence-electron chi connectivity index (χ2n) is 3.15. The fourth-order valence-corrected chi connectivity index (χ4v) is 1.47. The Balaban J connectivity index is 2.83. The lowest BCUT2D eigenvalue weighted by Crippen LogP contribution is -1.97. The van der Waals surface area contributed by atoms with Crippen LogP contribution in [0.5, 0.6) is 17.2 Å². The molecule has 0 radical (unpaired) electrons. The van der Waals surface area contributed by atoms with Crippen molar-refractivity contribution in [2.75, 3.05) is 14.2 Å². The first-order chi connectivity index (χ1) is 7.65. The molecule has 0 aliphatic heterocycles. The maximum atomic E-state index is 11.1. The number of fused-ring (bicyclic) bond motifs is 1. The van der Waals surface area contributed by atoms with Crippen molar-refractivity contribution in [2.24, 2.45) is 0 Å². The van der Waals surface area contributed by atoms with Crippen molar-refractivity contribution in [1.29, 1.82) is 0 Å². The molecule has 0 aliphatic rings. The summed E-state index contributed by atoms with van der Waals surface area (Å²) in [5.41, 5.74) is -0.361. The van der Waals surface area contributed by atoms with Crippen LogP contribution in [0.3, 0.4) is 0 Å². The van der Waals surface area contributed by atoms with Crippen LogP contribution in [-0.2, 0) is 0 Å². The minimum atomic E-state index is -0.614. The zero-order valence-electron chi connectivity index (χ0n) is 8.81. The average molecular weight is 222 g/mol. The van der Waals surface area contributed by atoms with Gasteiger partial charge in [0.05, 0.1) is 25.7 Å². The summed E-state index contributed by atoms with van der Waals surface area (Å²) in [6.07, 6.45) is 0. The zero-order chi connectivity index (χ0) is 11.7. The molecule has 0 aliphatic carbocycles. The van der Waals surface area contributed by atoms with E-state index in [0.717, 1.165) is 6.07 Å². The van der Waals surface area contributed by atoms with Crippen LogP contribution < -0.4 is 15.1 Å². The molecular formula is C11H10O5. The monoisotopic (exact) mass is 222 g/mol. The van der Waals surface area contributed by atoms with E-state index >= 15 is 0 Å². The van der Waals surface area contributed by atoms with Gasteiger partial charge >= 0.3 is 5.63 Å². The minimum Gasteiger partial charge on any atom is -0.507 e. The molecular weight excluding hydrogens is 212 g/mol. The van der Waals surface area contributed by atoms with Crippen molar-refractivity contribution in [3.63, 3.8) is 0 Å². The highest BCUT2D eigenvalue weighted by Gasteiger charge is 2.11. The second-order valence-corrected chi connectivity index (χ2v) is 3.15. The van der Waals surface area contributed by atoms with Gasteiger partial charge in [-0.25, -0.2) is 4.79 Å². The molecule has 0 saturated heterocycles. The smallest absolute Gasteiger partial charge is 0.339 e. The predicted molar refractivity (Wildman–Crippen MR) is 57.3 cm³/mol. The molecule has 0 bridgehead atoms. The van der Waals surface area contributed by atoms with Crippen molar-refractivity contribution < 1.29 is 19.0 Å². The van der Waals surface area contributed by atoms with E-state index in [2.05, 4.69) is 0 Å². The Morgan fingerprint density at radius 3 is 2.38 bits per heavy atom. The van der Waals surface area contributed by atoms with Crippen molar-refractivity contribution in [2.45, 2.75) is 0 Å². The van der Waals surface area contributed by atoms with E-state index in [-0.39, 0.29) is 11.3 Å². The van der Waals surface area contributed by atoms with Crippen LogP contribution in [0.25, 0.3) is 11.0 Å². The van der Waals surface area contributed by atoms with E-state index in [9.17, 15) is 9.90 Å². The number of benzene rings is 1. The highest BCUT2D eigenvalue weighted by Crippen LogP contribution is 2.34. The van der Waals surface area contributed by atoms with Crippen LogP contribution in [0.1, 0.15) is 0 Å². The lowest BCUT2D eigenvalue weighted by molar-refractivity contribution is 0.354. The summed E-state index contributed by atoms with van der Waals surface area (Å²) in [4.78, 5) is 11.1. The van der Waals surface area contributed by atoms with Crippen LogP contribution >= 0.6 is 0 Å². The molecule has 0 atom stereocenters. The number of aromatic hydroxyl groups is 1. The van der Waals surface area contributed by atoms with Crippen LogP contribution in [-0.4, -0.2) is 19.3 Å². The molecule has 2 aromatic rings. The van der Waals surface area contributed by atoms with Crippen LogP contribution in [0.2, 0.25) is 0 Å². The molecule has 5 heteroatoms. The number of hydrogen-bond acceptors (Lipinski definition) is 5. The normalized spacial score (nSPS) is 10.4. The van der Waals surface area contributed by atoms with Gasteiger partial charge in [0.15, 0.2) is 11.5 Å². The molecule has 84 valence electrons. The number of hydrogen-bond donors (Lipinski definition) is 1. The summed E-state index contributed by atoms with van der Waals surface area (Å²) < 4.78 is 15.1. The van der Waals surface area contributed by atoms with Gasteiger partial charge in [0.2, 0.25) is 0 Å². The minimum absolute atomic E-state index is 0.146. The fraction of sp³-hybridized carbons (Fsp3) is 0.182. The third-order valence-corrected chi connectivity index (χ3v) is 2.23. The highest BCUT2D eigenvalue weighted by atomic mass is 16.5. The lowest BCUT2D eigenvalue weighted by Gasteiger charge is -2.08. The molecule has 0 spiro atoms. The third kappa shape index (κ3) is 1.56. The van der Waals surface area contributed by atoms with Gasteiger partial charge in [0.25, 0.3) is 0 Å². The Hall–Kier alpha value is -2.17. The van der Waals surface area contributed by atoms with E-state index in [1.165, 1.54) is 20.3 Å². The molecule has 2 rings (SSSR count). The van der Waals surface area contributed by atoms with Gasteiger partial charge in [0.1, 0.15) is 11.3 Å². The quantitative estimate of drug-likeness (QED) is 0.780. The van der Waals surface area contributed by atoms with Crippen LogP contribution in [0.4, 0.5) is 0 Å². The topological polar surface area (TPSA) is 68.9 Å². The van der Waals surface area contributed by atoms with E-state index in [0.29, 0.717) is 16.9 Å². The third-order valence-electron chi connectivity index (χ3n) is 2.23. The summed E-state index contributed by atoms with van der Waals surface area (Å²) in [5, 5.41) is 9.98. The molecule has 5 nitrogen and oxygen atoms in total. The van der Waals surface area contributed by atoms with Crippen molar-refractivity contribution in [1.82, 2.24) is 0 Å². The molecule has 1 aromatic carbocycles. The summed E-state index contributed by atoms with van der Waals surface area (Å²) in [5.74, 6) is 0.745. The van der Waals surface area contributed by atoms with Gasteiger partial charge in [0, 0.05) is 6.07 Å². The van der Waals surface area contributed by atoms with Crippen molar-refractivity contribution in [3.05, 3.63) is 28.6 Å². The Kier molecular flexibility index (Phi) is 2.44. The van der Waals surface area contributed by atoms with Gasteiger partial charge in [-0.15, -0.1) is 0 Å². The first kappa shape index (κ1) is 10.4. The SMILES string of the molecule is COc1cc2oc(=O)cc(O)c2cc1OC. The van der Waals surface area contributed by atoms with Crippen LogP contribution in [0.15, 0.2) is 27.4 Å². The first-order valence-corrected chi connectivity index (χ1v) is 4.54. The largest absolute Gasteiger partial charge is 0.507 e. The molecule has 1 aromatic heterocycles. The van der Waals surface area contributed by atoms with Gasteiger partial charge in [-0.05, 0) is 6.07 Å². The highest BCUT2D eigenvalue weighted by molar-refractivity contribution is 5.86. The first-order valence-electron chi connectivity index (χ1n) is 4.54. The maximum Gasteiger partial charge on any atom is 0.339 e. The number of rotatable bonds is 2. The zero-order valence-corrected chi connectivity index (χ0v) is 8.81. The summed E-state index contributed by atoms with van der Waals surface area (Å²) in [6, 6.07) is 4.05. The Morgan fingerprint density at radius 2 is 1.75 bits per heavy atom. The molecule has 16 heavy (non-hydrogen) atoms. The van der Waals surface area contributed by atoms with Crippen LogP contribution in [0, 0.1) is 0 Å².